The fraction of sp³-hybridized carbons (Fsp3) is 0. The Balaban J connectivity index is 2.23. The fourth-order valence-electron chi connectivity index (χ4n) is 1.32. The molecule has 82 valence electrons. The molecule has 0 spiro atoms. The summed E-state index contributed by atoms with van der Waals surface area (Å²) in [4.78, 5) is 4.01. The first-order valence-electron chi connectivity index (χ1n) is 4.55. The summed E-state index contributed by atoms with van der Waals surface area (Å²) >= 11 is -2.28. The van der Waals surface area contributed by atoms with E-state index in [1.807, 2.05) is 12.1 Å². The largest absolute Gasteiger partial charge is 0.380 e. The van der Waals surface area contributed by atoms with Gasteiger partial charge in [0, 0.05) is 12.4 Å². The van der Waals surface area contributed by atoms with E-state index < -0.39 is 11.4 Å². The van der Waals surface area contributed by atoms with E-state index in [1.54, 1.807) is 36.7 Å². The van der Waals surface area contributed by atoms with Crippen molar-refractivity contribution < 1.29 is 12.9 Å². The quantitative estimate of drug-likeness (QED) is 0.829. The van der Waals surface area contributed by atoms with Crippen LogP contribution in [0.4, 0.5) is 0 Å². The molecule has 0 bridgehead atoms. The molecule has 1 heterocycles. The summed E-state index contributed by atoms with van der Waals surface area (Å²) in [5.74, 6) is 0.355. The molecule has 1 atom stereocenters. The number of nitrogens with zero attached hydrogens (tertiary/aromatic N) is 1. The minimum absolute atomic E-state index is 0.355. The molecule has 0 fully saturated rings. The summed E-state index contributed by atoms with van der Waals surface area (Å²) in [5, 5.41) is 0. The van der Waals surface area contributed by atoms with Gasteiger partial charge in [-0.25, -0.2) is 0 Å². The Kier molecular flexibility index (Phi) is 3.28. The molecule has 0 saturated carbocycles. The van der Waals surface area contributed by atoms with Gasteiger partial charge in [0.2, 0.25) is 0 Å². The molecule has 0 aliphatic heterocycles. The van der Waals surface area contributed by atoms with Crippen molar-refractivity contribution in [1.82, 2.24) is 4.98 Å². The zero-order chi connectivity index (χ0) is 11.4. The summed E-state index contributed by atoms with van der Waals surface area (Å²) in [6.45, 7) is 0. The maximum absolute atomic E-state index is 10.4. The summed E-state index contributed by atoms with van der Waals surface area (Å²) in [7, 11) is 0. The third-order valence-electron chi connectivity index (χ3n) is 2.02. The Hall–Kier alpha value is -1.72. The Morgan fingerprint density at radius 2 is 1.88 bits per heavy atom. The van der Waals surface area contributed by atoms with Crippen LogP contribution in [-0.4, -0.2) is 13.7 Å². The molecule has 16 heavy (non-hydrogen) atoms. The Bertz CT molecular complexity index is 484. The van der Waals surface area contributed by atoms with E-state index >= 15 is 0 Å². The molecule has 4 nitrogen and oxygen atoms in total. The summed E-state index contributed by atoms with van der Waals surface area (Å²) in [6.07, 6.45) is 3.45. The van der Waals surface area contributed by atoms with Crippen molar-refractivity contribution in [3.8, 4) is 16.9 Å². The van der Waals surface area contributed by atoms with Gasteiger partial charge in [0.1, 0.15) is 5.75 Å². The molecule has 1 N–H and O–H groups in total. The average Bonchev–Trinajstić information content (AvgIpc) is 2.30. The lowest BCUT2D eigenvalue weighted by Crippen LogP contribution is -1.96. The molecular weight excluding hydrogens is 226 g/mol. The summed E-state index contributed by atoms with van der Waals surface area (Å²) < 4.78 is 23.6. The number of hydrogen-bond donors (Lipinski definition) is 1. The maximum atomic E-state index is 10.4. The van der Waals surface area contributed by atoms with Gasteiger partial charge in [-0.05, 0) is 29.3 Å². The Labute approximate surface area is 95.4 Å². The number of hydrogen-bond acceptors (Lipinski definition) is 3. The summed E-state index contributed by atoms with van der Waals surface area (Å²) in [6, 6.07) is 10.7. The van der Waals surface area contributed by atoms with Gasteiger partial charge in [-0.15, -0.1) is 0 Å². The third kappa shape index (κ3) is 2.65. The van der Waals surface area contributed by atoms with Crippen LogP contribution in [0.15, 0.2) is 48.8 Å². The predicted octanol–water partition coefficient (Wildman–Crippen LogP) is 2.26. The minimum atomic E-state index is -2.28. The lowest BCUT2D eigenvalue weighted by molar-refractivity contribution is 0.458. The molecule has 5 heteroatoms. The first kappa shape index (κ1) is 10.8. The summed E-state index contributed by atoms with van der Waals surface area (Å²) in [5.41, 5.74) is 1.96. The molecule has 1 aromatic carbocycles. The molecule has 2 aromatic rings. The molecule has 0 saturated heterocycles. The van der Waals surface area contributed by atoms with Gasteiger partial charge in [-0.3, -0.25) is 9.54 Å². The number of pyridine rings is 1. The molecule has 1 aromatic heterocycles. The van der Waals surface area contributed by atoms with Gasteiger partial charge in [0.15, 0.2) is 0 Å². The first-order chi connectivity index (χ1) is 7.75. The highest BCUT2D eigenvalue weighted by Gasteiger charge is 2.00. The van der Waals surface area contributed by atoms with Gasteiger partial charge in [0.25, 0.3) is 0 Å². The van der Waals surface area contributed by atoms with Crippen LogP contribution < -0.4 is 4.18 Å². The van der Waals surface area contributed by atoms with Gasteiger partial charge < -0.3 is 4.18 Å². The SMILES string of the molecule is O=S(O)Oc1ccc(-c2cccnc2)cc1. The lowest BCUT2D eigenvalue weighted by atomic mass is 10.1. The zero-order valence-corrected chi connectivity index (χ0v) is 9.05. The Morgan fingerprint density at radius 3 is 2.44 bits per heavy atom. The highest BCUT2D eigenvalue weighted by Crippen LogP contribution is 2.21. The van der Waals surface area contributed by atoms with Gasteiger partial charge in [0.05, 0.1) is 0 Å². The fourth-order valence-corrected chi connectivity index (χ4v) is 1.59. The van der Waals surface area contributed by atoms with Gasteiger partial charge in [-0.2, -0.15) is 4.21 Å². The first-order valence-corrected chi connectivity index (χ1v) is 5.58. The van der Waals surface area contributed by atoms with Crippen molar-refractivity contribution in [2.75, 3.05) is 0 Å². The van der Waals surface area contributed by atoms with Gasteiger partial charge >= 0.3 is 11.4 Å². The van der Waals surface area contributed by atoms with Crippen LogP contribution in [0.1, 0.15) is 0 Å². The van der Waals surface area contributed by atoms with Crippen LogP contribution in [0.3, 0.4) is 0 Å². The third-order valence-corrected chi connectivity index (χ3v) is 2.35. The Morgan fingerprint density at radius 1 is 1.12 bits per heavy atom. The van der Waals surface area contributed by atoms with E-state index in [0.717, 1.165) is 11.1 Å². The predicted molar refractivity (Wildman–Crippen MR) is 61.1 cm³/mol. The monoisotopic (exact) mass is 235 g/mol. The van der Waals surface area contributed by atoms with Crippen molar-refractivity contribution >= 4 is 11.4 Å². The second kappa shape index (κ2) is 4.87. The zero-order valence-electron chi connectivity index (χ0n) is 8.24. The van der Waals surface area contributed by atoms with Crippen LogP contribution in [0.5, 0.6) is 5.75 Å². The molecule has 1 unspecified atom stereocenters. The van der Waals surface area contributed by atoms with Crippen LogP contribution in [-0.2, 0) is 11.4 Å². The minimum Gasteiger partial charge on any atom is -0.380 e. The topological polar surface area (TPSA) is 59.4 Å². The average molecular weight is 235 g/mol. The van der Waals surface area contributed by atoms with Crippen molar-refractivity contribution in [2.24, 2.45) is 0 Å². The number of aromatic nitrogens is 1. The van der Waals surface area contributed by atoms with E-state index in [9.17, 15) is 4.21 Å². The molecule has 0 aliphatic rings. The molecule has 2 rings (SSSR count). The van der Waals surface area contributed by atoms with E-state index in [1.165, 1.54) is 0 Å². The van der Waals surface area contributed by atoms with E-state index in [4.69, 9.17) is 4.55 Å². The number of rotatable bonds is 3. The molecule has 0 radical (unpaired) electrons. The van der Waals surface area contributed by atoms with Crippen LogP contribution >= 0.6 is 0 Å². The highest BCUT2D eigenvalue weighted by atomic mass is 32.2. The van der Waals surface area contributed by atoms with E-state index in [0.29, 0.717) is 5.75 Å². The van der Waals surface area contributed by atoms with Crippen molar-refractivity contribution in [3.05, 3.63) is 48.8 Å². The van der Waals surface area contributed by atoms with Crippen LogP contribution in [0.25, 0.3) is 11.1 Å². The standard InChI is InChI=1S/C11H9NO3S/c13-16(14)15-11-5-3-9(4-6-11)10-2-1-7-12-8-10/h1-8H,(H,13,14). The van der Waals surface area contributed by atoms with Gasteiger partial charge in [-0.1, -0.05) is 18.2 Å². The lowest BCUT2D eigenvalue weighted by Gasteiger charge is -2.02. The van der Waals surface area contributed by atoms with Crippen molar-refractivity contribution in [2.45, 2.75) is 0 Å². The van der Waals surface area contributed by atoms with Crippen molar-refractivity contribution in [1.29, 1.82) is 0 Å². The van der Waals surface area contributed by atoms with Crippen LogP contribution in [0, 0.1) is 0 Å². The molecular formula is C11H9NO3S. The normalized spacial score (nSPS) is 12.1. The van der Waals surface area contributed by atoms with Crippen molar-refractivity contribution in [3.63, 3.8) is 0 Å². The second-order valence-electron chi connectivity index (χ2n) is 3.07. The second-order valence-corrected chi connectivity index (χ2v) is 3.67. The maximum Gasteiger partial charge on any atom is 0.357 e. The smallest absolute Gasteiger partial charge is 0.357 e. The van der Waals surface area contributed by atoms with E-state index in [2.05, 4.69) is 9.17 Å². The molecule has 0 amide bonds. The van der Waals surface area contributed by atoms with Crippen LogP contribution in [0.2, 0.25) is 0 Å². The molecule has 0 aliphatic carbocycles. The van der Waals surface area contributed by atoms with E-state index in [-0.39, 0.29) is 0 Å². The highest BCUT2D eigenvalue weighted by molar-refractivity contribution is 7.74. The number of benzene rings is 1.